The molecule has 2 amide bonds. The highest BCUT2D eigenvalue weighted by atomic mass is 16.5. The highest BCUT2D eigenvalue weighted by molar-refractivity contribution is 5.88. The van der Waals surface area contributed by atoms with E-state index in [2.05, 4.69) is 0 Å². The Labute approximate surface area is 141 Å². The molecular weight excluding hydrogens is 312 g/mol. The first-order chi connectivity index (χ1) is 11.4. The van der Waals surface area contributed by atoms with Gasteiger partial charge in [-0.05, 0) is 25.7 Å². The van der Waals surface area contributed by atoms with Gasteiger partial charge < -0.3 is 19.6 Å². The van der Waals surface area contributed by atoms with Crippen LogP contribution in [0, 0.1) is 11.3 Å². The van der Waals surface area contributed by atoms with Crippen LogP contribution in [0.25, 0.3) is 0 Å². The van der Waals surface area contributed by atoms with Crippen molar-refractivity contribution in [3.05, 3.63) is 0 Å². The Morgan fingerprint density at radius 1 is 1.25 bits per heavy atom. The third kappa shape index (κ3) is 2.41. The average Bonchev–Trinajstić information content (AvgIpc) is 2.76. The van der Waals surface area contributed by atoms with Gasteiger partial charge in [-0.3, -0.25) is 14.4 Å². The molecule has 2 heterocycles. The van der Waals surface area contributed by atoms with Crippen molar-refractivity contribution in [2.75, 3.05) is 33.9 Å². The van der Waals surface area contributed by atoms with E-state index in [0.29, 0.717) is 32.5 Å². The van der Waals surface area contributed by atoms with Gasteiger partial charge in [-0.15, -0.1) is 0 Å². The molecule has 1 atom stereocenters. The summed E-state index contributed by atoms with van der Waals surface area (Å²) in [5.41, 5.74) is -1.03. The topological polar surface area (TPSA) is 87.1 Å². The van der Waals surface area contributed by atoms with Crippen LogP contribution in [0.4, 0.5) is 0 Å². The standard InChI is InChI=1S/C17H26N2O5/c1-18-13(20)10-12(14(21)22)17(18)6-8-19(9-7-17)15(23)16(11-24-2)4-3-5-16/h12H,3-11H2,1-2H3,(H,21,22)/t12-/m1/s1. The number of carboxylic acids is 1. The molecule has 0 aromatic carbocycles. The number of carboxylic acid groups (broad SMARTS) is 1. The molecule has 2 aliphatic heterocycles. The Bertz CT molecular complexity index is 549. The summed E-state index contributed by atoms with van der Waals surface area (Å²) in [6, 6.07) is 0. The van der Waals surface area contributed by atoms with Gasteiger partial charge in [0.15, 0.2) is 0 Å². The van der Waals surface area contributed by atoms with Crippen LogP contribution < -0.4 is 0 Å². The first-order valence-corrected chi connectivity index (χ1v) is 8.64. The molecule has 24 heavy (non-hydrogen) atoms. The number of nitrogens with zero attached hydrogens (tertiary/aromatic N) is 2. The first kappa shape index (κ1) is 17.2. The normalized spacial score (nSPS) is 28.1. The smallest absolute Gasteiger partial charge is 0.309 e. The van der Waals surface area contributed by atoms with Crippen LogP contribution in [0.2, 0.25) is 0 Å². The number of amides is 2. The number of carbonyl (C=O) groups excluding carboxylic acids is 2. The minimum absolute atomic E-state index is 0.0629. The number of hydrogen-bond acceptors (Lipinski definition) is 4. The quantitative estimate of drug-likeness (QED) is 0.816. The van der Waals surface area contributed by atoms with E-state index in [4.69, 9.17) is 4.74 Å². The molecule has 3 fully saturated rings. The minimum Gasteiger partial charge on any atom is -0.481 e. The van der Waals surface area contributed by atoms with Crippen LogP contribution in [0.1, 0.15) is 38.5 Å². The lowest BCUT2D eigenvalue weighted by Crippen LogP contribution is -2.59. The largest absolute Gasteiger partial charge is 0.481 e. The summed E-state index contributed by atoms with van der Waals surface area (Å²) in [5.74, 6) is -1.58. The fourth-order valence-electron chi connectivity index (χ4n) is 4.72. The molecular formula is C17H26N2O5. The summed E-state index contributed by atoms with van der Waals surface area (Å²) in [5, 5.41) is 9.51. The maximum Gasteiger partial charge on any atom is 0.309 e. The molecule has 1 spiro atoms. The van der Waals surface area contributed by atoms with E-state index in [-0.39, 0.29) is 23.7 Å². The second-order valence-electron chi connectivity index (χ2n) is 7.51. The summed E-state index contributed by atoms with van der Waals surface area (Å²) >= 11 is 0. The second-order valence-corrected chi connectivity index (χ2v) is 7.51. The van der Waals surface area contributed by atoms with E-state index < -0.39 is 17.4 Å². The zero-order valence-electron chi connectivity index (χ0n) is 14.4. The van der Waals surface area contributed by atoms with Gasteiger partial charge in [0.05, 0.1) is 23.5 Å². The SMILES string of the molecule is COCC1(C(=O)N2CCC3(CC2)[C@@H](C(=O)O)CC(=O)N3C)CCC1. The van der Waals surface area contributed by atoms with Crippen molar-refractivity contribution in [3.8, 4) is 0 Å². The molecule has 3 rings (SSSR count). The van der Waals surface area contributed by atoms with Crippen molar-refractivity contribution >= 4 is 17.8 Å². The number of rotatable bonds is 4. The molecule has 7 heteroatoms. The van der Waals surface area contributed by atoms with Gasteiger partial charge in [0.2, 0.25) is 11.8 Å². The maximum absolute atomic E-state index is 12.9. The van der Waals surface area contributed by atoms with E-state index in [1.807, 2.05) is 4.90 Å². The van der Waals surface area contributed by atoms with E-state index in [9.17, 15) is 19.5 Å². The summed E-state index contributed by atoms with van der Waals surface area (Å²) in [4.78, 5) is 40.0. The number of aliphatic carboxylic acids is 1. The van der Waals surface area contributed by atoms with Crippen molar-refractivity contribution in [2.24, 2.45) is 11.3 Å². The van der Waals surface area contributed by atoms with Gasteiger partial charge >= 0.3 is 5.97 Å². The Hall–Kier alpha value is -1.63. The summed E-state index contributed by atoms with van der Waals surface area (Å²) in [7, 11) is 3.32. The summed E-state index contributed by atoms with van der Waals surface area (Å²) in [6.07, 6.45) is 3.88. The van der Waals surface area contributed by atoms with Crippen LogP contribution in [-0.2, 0) is 19.1 Å². The highest BCUT2D eigenvalue weighted by Gasteiger charge is 2.56. The number of carbonyl (C=O) groups is 3. The zero-order chi connectivity index (χ0) is 17.5. The number of ether oxygens (including phenoxy) is 1. The maximum atomic E-state index is 12.9. The molecule has 0 bridgehead atoms. The fraction of sp³-hybridized carbons (Fsp3) is 0.824. The molecule has 7 nitrogen and oxygen atoms in total. The monoisotopic (exact) mass is 338 g/mol. The predicted octanol–water partition coefficient (Wildman–Crippen LogP) is 0.727. The lowest BCUT2D eigenvalue weighted by atomic mass is 9.67. The van der Waals surface area contributed by atoms with Crippen molar-refractivity contribution in [1.29, 1.82) is 0 Å². The van der Waals surface area contributed by atoms with E-state index in [0.717, 1.165) is 19.3 Å². The third-order valence-corrected chi connectivity index (χ3v) is 6.47. The van der Waals surface area contributed by atoms with Crippen molar-refractivity contribution in [2.45, 2.75) is 44.1 Å². The van der Waals surface area contributed by atoms with Gasteiger partial charge in [-0.2, -0.15) is 0 Å². The van der Waals surface area contributed by atoms with Crippen LogP contribution in [-0.4, -0.2) is 72.1 Å². The Kier molecular flexibility index (Phi) is 4.32. The van der Waals surface area contributed by atoms with Crippen LogP contribution >= 0.6 is 0 Å². The second kappa shape index (κ2) is 6.02. The predicted molar refractivity (Wildman–Crippen MR) is 85.2 cm³/mol. The molecule has 2 saturated heterocycles. The number of likely N-dealkylation sites (tertiary alicyclic amines) is 2. The lowest BCUT2D eigenvalue weighted by molar-refractivity contribution is -0.156. The number of piperidine rings is 1. The molecule has 1 N–H and O–H groups in total. The number of hydrogen-bond donors (Lipinski definition) is 1. The highest BCUT2D eigenvalue weighted by Crippen LogP contribution is 2.46. The summed E-state index contributed by atoms with van der Waals surface area (Å²) in [6.45, 7) is 1.46. The molecule has 0 aromatic heterocycles. The minimum atomic E-state index is -0.915. The lowest BCUT2D eigenvalue weighted by Gasteiger charge is -2.49. The number of methoxy groups -OCH3 is 1. The first-order valence-electron chi connectivity index (χ1n) is 8.64. The molecule has 0 unspecified atom stereocenters. The Balaban J connectivity index is 1.72. The van der Waals surface area contributed by atoms with Gasteiger partial charge in [0.1, 0.15) is 0 Å². The third-order valence-electron chi connectivity index (χ3n) is 6.47. The van der Waals surface area contributed by atoms with Gasteiger partial charge in [-0.1, -0.05) is 6.42 Å². The van der Waals surface area contributed by atoms with Gasteiger partial charge in [-0.25, -0.2) is 0 Å². The van der Waals surface area contributed by atoms with E-state index in [1.54, 1.807) is 19.1 Å². The van der Waals surface area contributed by atoms with Gasteiger partial charge in [0, 0.05) is 33.7 Å². The Morgan fingerprint density at radius 2 is 1.88 bits per heavy atom. The molecule has 1 aliphatic carbocycles. The van der Waals surface area contributed by atoms with E-state index >= 15 is 0 Å². The molecule has 0 radical (unpaired) electrons. The van der Waals surface area contributed by atoms with Crippen molar-refractivity contribution in [3.63, 3.8) is 0 Å². The van der Waals surface area contributed by atoms with Gasteiger partial charge in [0.25, 0.3) is 0 Å². The Morgan fingerprint density at radius 3 is 2.33 bits per heavy atom. The van der Waals surface area contributed by atoms with Crippen LogP contribution in [0.3, 0.4) is 0 Å². The molecule has 3 aliphatic rings. The van der Waals surface area contributed by atoms with Crippen LogP contribution in [0.15, 0.2) is 0 Å². The van der Waals surface area contributed by atoms with Crippen molar-refractivity contribution in [1.82, 2.24) is 9.80 Å². The average molecular weight is 338 g/mol. The van der Waals surface area contributed by atoms with Crippen LogP contribution in [0.5, 0.6) is 0 Å². The zero-order valence-corrected chi connectivity index (χ0v) is 14.4. The summed E-state index contributed by atoms with van der Waals surface area (Å²) < 4.78 is 5.26. The molecule has 134 valence electrons. The fourth-order valence-corrected chi connectivity index (χ4v) is 4.72. The van der Waals surface area contributed by atoms with Crippen molar-refractivity contribution < 1.29 is 24.2 Å². The molecule has 0 aromatic rings. The van der Waals surface area contributed by atoms with E-state index in [1.165, 1.54) is 0 Å². The molecule has 1 saturated carbocycles.